The summed E-state index contributed by atoms with van der Waals surface area (Å²) in [5, 5.41) is 22.2. The van der Waals surface area contributed by atoms with Crippen LogP contribution < -0.4 is 5.32 Å². The molecule has 1 heterocycles. The molecule has 31 heavy (non-hydrogen) atoms. The lowest BCUT2D eigenvalue weighted by atomic mass is 9.81. The van der Waals surface area contributed by atoms with Crippen LogP contribution in [0, 0.1) is 33.3 Å². The molecular formula is C20H20N4O7. The largest absolute Gasteiger partial charge is 0.454 e. The third-order valence-electron chi connectivity index (χ3n) is 5.56. The van der Waals surface area contributed by atoms with Gasteiger partial charge < -0.3 is 10.1 Å². The summed E-state index contributed by atoms with van der Waals surface area (Å²) in [7, 11) is 0. The third kappa shape index (κ3) is 4.37. The van der Waals surface area contributed by atoms with E-state index < -0.39 is 41.3 Å². The summed E-state index contributed by atoms with van der Waals surface area (Å²) in [4.78, 5) is 60.6. The monoisotopic (exact) mass is 428 g/mol. The molecule has 2 aliphatic rings. The predicted molar refractivity (Wildman–Crippen MR) is 104 cm³/mol. The Kier molecular flexibility index (Phi) is 6.29. The molecule has 3 atom stereocenters. The first-order valence-corrected chi connectivity index (χ1v) is 9.76. The molecule has 1 saturated carbocycles. The molecular weight excluding hydrogens is 408 g/mol. The van der Waals surface area contributed by atoms with Gasteiger partial charge >= 0.3 is 5.97 Å². The maximum Gasteiger partial charge on any atom is 0.329 e. The molecule has 0 aromatic heterocycles. The molecule has 3 amide bonds. The van der Waals surface area contributed by atoms with Crippen molar-refractivity contribution >= 4 is 35.1 Å². The Morgan fingerprint density at radius 2 is 1.90 bits per heavy atom. The van der Waals surface area contributed by atoms with E-state index in [9.17, 15) is 29.3 Å². The van der Waals surface area contributed by atoms with Gasteiger partial charge in [-0.2, -0.15) is 5.26 Å². The number of fused-ring (bicyclic) bond motifs is 1. The molecule has 1 aromatic rings. The smallest absolute Gasteiger partial charge is 0.329 e. The van der Waals surface area contributed by atoms with Gasteiger partial charge in [0, 0.05) is 12.1 Å². The van der Waals surface area contributed by atoms with Gasteiger partial charge in [0.1, 0.15) is 12.1 Å². The topological polar surface area (TPSA) is 160 Å². The van der Waals surface area contributed by atoms with E-state index in [0.29, 0.717) is 12.8 Å². The minimum Gasteiger partial charge on any atom is -0.454 e. The maximum atomic E-state index is 12.6. The number of nitriles is 1. The lowest BCUT2D eigenvalue weighted by Gasteiger charge is -2.21. The molecule has 1 aliphatic carbocycles. The van der Waals surface area contributed by atoms with Crippen LogP contribution in [0.3, 0.4) is 0 Å². The van der Waals surface area contributed by atoms with Crippen molar-refractivity contribution < 1.29 is 28.8 Å². The van der Waals surface area contributed by atoms with Crippen LogP contribution in [-0.2, 0) is 23.9 Å². The molecule has 1 aliphatic heterocycles. The van der Waals surface area contributed by atoms with Gasteiger partial charge in [-0.05, 0) is 25.8 Å². The van der Waals surface area contributed by atoms with E-state index in [-0.39, 0.29) is 28.8 Å². The first-order valence-electron chi connectivity index (χ1n) is 9.76. The average Bonchev–Trinajstić information content (AvgIpc) is 3.02. The van der Waals surface area contributed by atoms with Gasteiger partial charge in [-0.3, -0.25) is 29.4 Å². The molecule has 1 N–H and O–H groups in total. The number of hydrogen-bond donors (Lipinski definition) is 1. The fourth-order valence-electron chi connectivity index (χ4n) is 3.97. The lowest BCUT2D eigenvalue weighted by Crippen LogP contribution is -2.45. The van der Waals surface area contributed by atoms with Crippen molar-refractivity contribution in [3.63, 3.8) is 0 Å². The zero-order chi connectivity index (χ0) is 22.7. The zero-order valence-electron chi connectivity index (χ0n) is 16.7. The normalized spacial score (nSPS) is 21.1. The number of nitro benzene ring substituents is 1. The first-order chi connectivity index (χ1) is 14.7. The van der Waals surface area contributed by atoms with E-state index in [0.717, 1.165) is 29.9 Å². The molecule has 0 radical (unpaired) electrons. The van der Waals surface area contributed by atoms with Gasteiger partial charge in [0.15, 0.2) is 6.61 Å². The molecule has 1 saturated heterocycles. The Labute approximate surface area is 177 Å². The Morgan fingerprint density at radius 1 is 1.29 bits per heavy atom. The number of carbonyl (C=O) groups is 4. The van der Waals surface area contributed by atoms with Crippen molar-refractivity contribution in [1.29, 1.82) is 5.26 Å². The van der Waals surface area contributed by atoms with Crippen molar-refractivity contribution in [3.05, 3.63) is 33.9 Å². The Hall–Kier alpha value is -3.81. The van der Waals surface area contributed by atoms with E-state index in [1.54, 1.807) is 6.07 Å². The standard InChI is InChI=1S/C20H20N4O7/c1-11(23-18(26)14-4-2-3-5-15(14)19(23)27)20(28)31-10-17(25)22-16-7-6-13(24(29)30)8-12(16)9-21/h6-8,11,14-15H,2-5,10H2,1H3,(H,22,25)/t11-,14?,15?/m0/s1. The van der Waals surface area contributed by atoms with E-state index in [1.165, 1.54) is 13.0 Å². The second-order valence-corrected chi connectivity index (χ2v) is 7.47. The Balaban J connectivity index is 1.59. The summed E-state index contributed by atoms with van der Waals surface area (Å²) in [5.74, 6) is -3.24. The van der Waals surface area contributed by atoms with Gasteiger partial charge in [0.2, 0.25) is 11.8 Å². The van der Waals surface area contributed by atoms with E-state index in [2.05, 4.69) is 5.32 Å². The third-order valence-corrected chi connectivity index (χ3v) is 5.56. The summed E-state index contributed by atoms with van der Waals surface area (Å²) in [6.45, 7) is 0.658. The number of hydrogen-bond acceptors (Lipinski definition) is 8. The van der Waals surface area contributed by atoms with Crippen molar-refractivity contribution in [1.82, 2.24) is 4.90 Å². The lowest BCUT2D eigenvalue weighted by molar-refractivity contribution is -0.384. The molecule has 2 fully saturated rings. The highest BCUT2D eigenvalue weighted by atomic mass is 16.6. The number of carbonyl (C=O) groups excluding carboxylic acids is 4. The van der Waals surface area contributed by atoms with Gasteiger partial charge in [-0.15, -0.1) is 0 Å². The highest BCUT2D eigenvalue weighted by Gasteiger charge is 2.51. The highest BCUT2D eigenvalue weighted by Crippen LogP contribution is 2.38. The molecule has 3 rings (SSSR count). The fraction of sp³-hybridized carbons (Fsp3) is 0.450. The van der Waals surface area contributed by atoms with E-state index in [4.69, 9.17) is 10.00 Å². The van der Waals surface area contributed by atoms with Gasteiger partial charge in [0.25, 0.3) is 11.6 Å². The predicted octanol–water partition coefficient (Wildman–Crippen LogP) is 1.51. The summed E-state index contributed by atoms with van der Waals surface area (Å²) >= 11 is 0. The molecule has 162 valence electrons. The van der Waals surface area contributed by atoms with Crippen LogP contribution in [0.2, 0.25) is 0 Å². The van der Waals surface area contributed by atoms with Crippen LogP contribution in [0.15, 0.2) is 18.2 Å². The van der Waals surface area contributed by atoms with Crippen LogP contribution in [0.1, 0.15) is 38.2 Å². The van der Waals surface area contributed by atoms with Gasteiger partial charge in [-0.1, -0.05) is 12.8 Å². The van der Waals surface area contributed by atoms with Crippen LogP contribution >= 0.6 is 0 Å². The maximum absolute atomic E-state index is 12.6. The number of ether oxygens (including phenoxy) is 1. The number of likely N-dealkylation sites (tertiary alicyclic amines) is 1. The fourth-order valence-corrected chi connectivity index (χ4v) is 3.97. The SMILES string of the molecule is C[C@@H](C(=O)OCC(=O)Nc1ccc([N+](=O)[O-])cc1C#N)N1C(=O)C2CCCCC2C1=O. The Bertz CT molecular complexity index is 976. The number of anilines is 1. The summed E-state index contributed by atoms with van der Waals surface area (Å²) < 4.78 is 4.95. The zero-order valence-corrected chi connectivity index (χ0v) is 16.7. The number of rotatable bonds is 6. The number of amides is 3. The molecule has 0 spiro atoms. The highest BCUT2D eigenvalue weighted by molar-refractivity contribution is 6.08. The number of nitro groups is 1. The first kappa shape index (κ1) is 21.9. The molecule has 0 bridgehead atoms. The van der Waals surface area contributed by atoms with E-state index in [1.807, 2.05) is 0 Å². The second-order valence-electron chi connectivity index (χ2n) is 7.47. The van der Waals surface area contributed by atoms with Crippen LogP contribution in [0.25, 0.3) is 0 Å². The van der Waals surface area contributed by atoms with Crippen molar-refractivity contribution in [2.75, 3.05) is 11.9 Å². The number of nitrogens with zero attached hydrogens (tertiary/aromatic N) is 3. The van der Waals surface area contributed by atoms with Crippen molar-refractivity contribution in [2.24, 2.45) is 11.8 Å². The minimum atomic E-state index is -1.16. The quantitative estimate of drug-likeness (QED) is 0.309. The summed E-state index contributed by atoms with van der Waals surface area (Å²) in [6, 6.07) is 3.91. The van der Waals surface area contributed by atoms with Gasteiger partial charge in [-0.25, -0.2) is 4.79 Å². The van der Waals surface area contributed by atoms with E-state index >= 15 is 0 Å². The molecule has 1 aromatic carbocycles. The van der Waals surface area contributed by atoms with Crippen molar-refractivity contribution in [2.45, 2.75) is 38.6 Å². The molecule has 11 nitrogen and oxygen atoms in total. The number of nitrogens with one attached hydrogen (secondary N) is 1. The number of benzene rings is 1. The Morgan fingerprint density at radius 3 is 2.45 bits per heavy atom. The summed E-state index contributed by atoms with van der Waals surface area (Å²) in [6.07, 6.45) is 2.96. The number of non-ortho nitro benzene ring substituents is 1. The van der Waals surface area contributed by atoms with Crippen molar-refractivity contribution in [3.8, 4) is 6.07 Å². The summed E-state index contributed by atoms with van der Waals surface area (Å²) in [5.41, 5.74) is -0.412. The van der Waals surface area contributed by atoms with Crippen LogP contribution in [0.5, 0.6) is 0 Å². The average molecular weight is 428 g/mol. The number of imide groups is 1. The van der Waals surface area contributed by atoms with Crippen LogP contribution in [0.4, 0.5) is 11.4 Å². The molecule has 2 unspecified atom stereocenters. The van der Waals surface area contributed by atoms with Gasteiger partial charge in [0.05, 0.1) is 28.0 Å². The molecule has 11 heteroatoms. The van der Waals surface area contributed by atoms with Crippen LogP contribution in [-0.4, -0.2) is 46.2 Å². The minimum absolute atomic E-state index is 0.0242. The number of esters is 1. The second kappa shape index (κ2) is 8.91.